The SMILES string of the molecule is CNCc1ccc(COCCC2CCC2)c(Br)c1. The van der Waals surface area contributed by atoms with Crippen LogP contribution in [0.5, 0.6) is 0 Å². The molecule has 0 saturated heterocycles. The molecule has 0 amide bonds. The predicted molar refractivity (Wildman–Crippen MR) is 78.5 cm³/mol. The molecule has 3 heteroatoms. The summed E-state index contributed by atoms with van der Waals surface area (Å²) in [5.41, 5.74) is 2.53. The molecule has 18 heavy (non-hydrogen) atoms. The van der Waals surface area contributed by atoms with Gasteiger partial charge in [-0.25, -0.2) is 0 Å². The lowest BCUT2D eigenvalue weighted by atomic mass is 9.83. The zero-order chi connectivity index (χ0) is 12.8. The van der Waals surface area contributed by atoms with E-state index in [1.165, 1.54) is 36.8 Å². The second-order valence-corrected chi connectivity index (χ2v) is 5.95. The second-order valence-electron chi connectivity index (χ2n) is 5.09. The summed E-state index contributed by atoms with van der Waals surface area (Å²) in [6.07, 6.45) is 5.47. The Hall–Kier alpha value is -0.380. The van der Waals surface area contributed by atoms with Gasteiger partial charge < -0.3 is 10.1 Å². The Morgan fingerprint density at radius 1 is 1.39 bits per heavy atom. The number of hydrogen-bond acceptors (Lipinski definition) is 2. The van der Waals surface area contributed by atoms with Gasteiger partial charge in [-0.1, -0.05) is 47.3 Å². The van der Waals surface area contributed by atoms with Crippen molar-refractivity contribution in [1.82, 2.24) is 5.32 Å². The third-order valence-corrected chi connectivity index (χ3v) is 4.39. The van der Waals surface area contributed by atoms with E-state index < -0.39 is 0 Å². The summed E-state index contributed by atoms with van der Waals surface area (Å²) in [5, 5.41) is 3.16. The lowest BCUT2D eigenvalue weighted by molar-refractivity contribution is 0.0946. The van der Waals surface area contributed by atoms with Gasteiger partial charge in [-0.2, -0.15) is 0 Å². The van der Waals surface area contributed by atoms with Gasteiger partial charge in [0, 0.05) is 17.6 Å². The zero-order valence-electron chi connectivity index (χ0n) is 11.0. The third-order valence-electron chi connectivity index (χ3n) is 3.65. The van der Waals surface area contributed by atoms with E-state index in [2.05, 4.69) is 39.4 Å². The highest BCUT2D eigenvalue weighted by Crippen LogP contribution is 2.29. The molecule has 0 bridgehead atoms. The monoisotopic (exact) mass is 311 g/mol. The van der Waals surface area contributed by atoms with Crippen LogP contribution in [-0.2, 0) is 17.9 Å². The third kappa shape index (κ3) is 4.08. The van der Waals surface area contributed by atoms with Crippen LogP contribution in [-0.4, -0.2) is 13.7 Å². The van der Waals surface area contributed by atoms with Gasteiger partial charge >= 0.3 is 0 Å². The smallest absolute Gasteiger partial charge is 0.0727 e. The molecule has 0 spiro atoms. The van der Waals surface area contributed by atoms with Crippen molar-refractivity contribution in [2.75, 3.05) is 13.7 Å². The number of rotatable bonds is 7. The molecule has 2 nitrogen and oxygen atoms in total. The predicted octanol–water partition coefficient (Wildman–Crippen LogP) is 3.88. The van der Waals surface area contributed by atoms with Crippen molar-refractivity contribution in [2.45, 2.75) is 38.8 Å². The molecule has 1 aromatic carbocycles. The molecule has 1 fully saturated rings. The van der Waals surface area contributed by atoms with Crippen molar-refractivity contribution >= 4 is 15.9 Å². The molecule has 1 saturated carbocycles. The van der Waals surface area contributed by atoms with Crippen molar-refractivity contribution in [1.29, 1.82) is 0 Å². The van der Waals surface area contributed by atoms with Crippen LogP contribution in [0.25, 0.3) is 0 Å². The van der Waals surface area contributed by atoms with E-state index in [1.807, 2.05) is 7.05 Å². The molecule has 0 radical (unpaired) electrons. The fourth-order valence-corrected chi connectivity index (χ4v) is 2.78. The molecule has 0 heterocycles. The minimum absolute atomic E-state index is 0.715. The maximum absolute atomic E-state index is 5.76. The lowest BCUT2D eigenvalue weighted by Gasteiger charge is -2.24. The van der Waals surface area contributed by atoms with E-state index in [0.717, 1.165) is 23.5 Å². The van der Waals surface area contributed by atoms with Crippen LogP contribution in [0.2, 0.25) is 0 Å². The maximum Gasteiger partial charge on any atom is 0.0727 e. The van der Waals surface area contributed by atoms with Crippen LogP contribution in [0.3, 0.4) is 0 Å². The quantitative estimate of drug-likeness (QED) is 0.772. The van der Waals surface area contributed by atoms with E-state index in [9.17, 15) is 0 Å². The summed E-state index contributed by atoms with van der Waals surface area (Å²) in [6, 6.07) is 6.48. The Balaban J connectivity index is 1.74. The number of ether oxygens (including phenoxy) is 1. The van der Waals surface area contributed by atoms with E-state index in [0.29, 0.717) is 6.61 Å². The largest absolute Gasteiger partial charge is 0.377 e. The van der Waals surface area contributed by atoms with Crippen molar-refractivity contribution in [3.63, 3.8) is 0 Å². The van der Waals surface area contributed by atoms with Crippen LogP contribution >= 0.6 is 15.9 Å². The van der Waals surface area contributed by atoms with Gasteiger partial charge in [-0.3, -0.25) is 0 Å². The van der Waals surface area contributed by atoms with Gasteiger partial charge in [0.2, 0.25) is 0 Å². The van der Waals surface area contributed by atoms with Crippen LogP contribution < -0.4 is 5.32 Å². The normalized spacial score (nSPS) is 15.7. The molecule has 0 aliphatic heterocycles. The molecular weight excluding hydrogens is 290 g/mol. The highest BCUT2D eigenvalue weighted by molar-refractivity contribution is 9.10. The van der Waals surface area contributed by atoms with Gasteiger partial charge in [0.1, 0.15) is 0 Å². The maximum atomic E-state index is 5.76. The number of benzene rings is 1. The molecule has 1 aliphatic rings. The van der Waals surface area contributed by atoms with Crippen LogP contribution in [0, 0.1) is 5.92 Å². The van der Waals surface area contributed by atoms with Gasteiger partial charge in [-0.05, 0) is 36.6 Å². The molecule has 0 atom stereocenters. The average Bonchev–Trinajstić information content (AvgIpc) is 2.29. The summed E-state index contributed by atoms with van der Waals surface area (Å²) in [4.78, 5) is 0. The Bertz CT molecular complexity index is 377. The summed E-state index contributed by atoms with van der Waals surface area (Å²) in [5.74, 6) is 0.937. The molecule has 0 aromatic heterocycles. The van der Waals surface area contributed by atoms with Crippen molar-refractivity contribution in [3.8, 4) is 0 Å². The minimum Gasteiger partial charge on any atom is -0.377 e. The molecular formula is C15H22BrNO. The van der Waals surface area contributed by atoms with Crippen molar-refractivity contribution < 1.29 is 4.74 Å². The van der Waals surface area contributed by atoms with Gasteiger partial charge in [-0.15, -0.1) is 0 Å². The van der Waals surface area contributed by atoms with Crippen LogP contribution in [0.15, 0.2) is 22.7 Å². The van der Waals surface area contributed by atoms with Crippen molar-refractivity contribution in [3.05, 3.63) is 33.8 Å². The standard InChI is InChI=1S/C15H22BrNO/c1-17-10-13-5-6-14(15(16)9-13)11-18-8-7-12-3-2-4-12/h5-6,9,12,17H,2-4,7-8,10-11H2,1H3. The first-order valence-electron chi connectivity index (χ1n) is 6.79. The molecule has 2 rings (SSSR count). The first-order chi connectivity index (χ1) is 8.79. The fraction of sp³-hybridized carbons (Fsp3) is 0.600. The fourth-order valence-electron chi connectivity index (χ4n) is 2.24. The van der Waals surface area contributed by atoms with Crippen LogP contribution in [0.1, 0.15) is 36.8 Å². The summed E-state index contributed by atoms with van der Waals surface area (Å²) >= 11 is 3.62. The van der Waals surface area contributed by atoms with Gasteiger partial charge in [0.15, 0.2) is 0 Å². The Morgan fingerprint density at radius 3 is 2.83 bits per heavy atom. The van der Waals surface area contributed by atoms with Gasteiger partial charge in [0.05, 0.1) is 6.61 Å². The first-order valence-corrected chi connectivity index (χ1v) is 7.58. The highest BCUT2D eigenvalue weighted by Gasteiger charge is 2.16. The Kier molecular flexibility index (Phi) is 5.67. The lowest BCUT2D eigenvalue weighted by Crippen LogP contribution is -2.13. The molecule has 100 valence electrons. The summed E-state index contributed by atoms with van der Waals surface area (Å²) in [7, 11) is 1.96. The molecule has 1 aliphatic carbocycles. The van der Waals surface area contributed by atoms with Crippen molar-refractivity contribution in [2.24, 2.45) is 5.92 Å². The number of nitrogens with one attached hydrogen (secondary N) is 1. The van der Waals surface area contributed by atoms with E-state index in [1.54, 1.807) is 0 Å². The highest BCUT2D eigenvalue weighted by atomic mass is 79.9. The summed E-state index contributed by atoms with van der Waals surface area (Å²) in [6.45, 7) is 2.52. The van der Waals surface area contributed by atoms with Crippen LogP contribution in [0.4, 0.5) is 0 Å². The molecule has 1 N–H and O–H groups in total. The summed E-state index contributed by atoms with van der Waals surface area (Å²) < 4.78 is 6.91. The number of halogens is 1. The van der Waals surface area contributed by atoms with E-state index >= 15 is 0 Å². The average molecular weight is 312 g/mol. The first kappa shape index (κ1) is 14.0. The van der Waals surface area contributed by atoms with E-state index in [-0.39, 0.29) is 0 Å². The zero-order valence-corrected chi connectivity index (χ0v) is 12.6. The molecule has 0 unspecified atom stereocenters. The Morgan fingerprint density at radius 2 is 2.22 bits per heavy atom. The minimum atomic E-state index is 0.715. The second kappa shape index (κ2) is 7.27. The Labute approximate surface area is 118 Å². The van der Waals surface area contributed by atoms with Gasteiger partial charge in [0.25, 0.3) is 0 Å². The topological polar surface area (TPSA) is 21.3 Å². The van der Waals surface area contributed by atoms with E-state index in [4.69, 9.17) is 4.74 Å². The molecule has 1 aromatic rings. The number of hydrogen-bond donors (Lipinski definition) is 1.